The van der Waals surface area contributed by atoms with Gasteiger partial charge in [-0.15, -0.1) is 0 Å². The van der Waals surface area contributed by atoms with Gasteiger partial charge in [-0.25, -0.2) is 0 Å². The van der Waals surface area contributed by atoms with E-state index < -0.39 is 5.97 Å². The topological polar surface area (TPSA) is 43.4 Å². The average Bonchev–Trinajstić information content (AvgIpc) is 3.38. The standard InChI is InChI=1S/C25H22ClNO2/c26-17-9-7-14(8-10-17)23-20-6-2-5-19(20)22-12-16(25(28)29)11-21-18-4-1-3-15(18)13-27(23)24(21)22/h1-2,4-5,7-12,15,18-20,23H,3,6,13H2,(H,28,29)/p-1/t15-,18+,19+,20-,23+/m1/s1. The van der Waals surface area contributed by atoms with E-state index >= 15 is 0 Å². The number of aromatic carboxylic acids is 1. The lowest BCUT2D eigenvalue weighted by molar-refractivity contribution is -0.255. The molecular weight excluding hydrogens is 382 g/mol. The Morgan fingerprint density at radius 1 is 1.00 bits per heavy atom. The van der Waals surface area contributed by atoms with Crippen LogP contribution in [0.3, 0.4) is 0 Å². The fraction of sp³-hybridized carbons (Fsp3) is 0.320. The van der Waals surface area contributed by atoms with Crippen LogP contribution in [0, 0.1) is 11.8 Å². The van der Waals surface area contributed by atoms with Gasteiger partial charge in [-0.2, -0.15) is 0 Å². The number of halogens is 1. The third-order valence-electron chi connectivity index (χ3n) is 7.30. The van der Waals surface area contributed by atoms with Crippen LogP contribution < -0.4 is 10.0 Å². The number of carbonyl (C=O) groups is 1. The molecule has 2 aromatic rings. The average molecular weight is 403 g/mol. The van der Waals surface area contributed by atoms with E-state index in [4.69, 9.17) is 11.6 Å². The first-order valence-corrected chi connectivity index (χ1v) is 10.7. The Morgan fingerprint density at radius 2 is 1.69 bits per heavy atom. The van der Waals surface area contributed by atoms with Gasteiger partial charge in [-0.3, -0.25) is 0 Å². The normalized spacial score (nSPS) is 30.8. The number of nitrogens with zero attached hydrogens (tertiary/aromatic N) is 1. The van der Waals surface area contributed by atoms with Gasteiger partial charge in [0, 0.05) is 29.1 Å². The van der Waals surface area contributed by atoms with Crippen LogP contribution in [-0.4, -0.2) is 12.5 Å². The molecule has 0 fully saturated rings. The molecule has 2 heterocycles. The fourth-order valence-electron chi connectivity index (χ4n) is 6.13. The molecule has 0 N–H and O–H groups in total. The van der Waals surface area contributed by atoms with E-state index in [1.807, 2.05) is 24.3 Å². The molecule has 0 bridgehead atoms. The highest BCUT2D eigenvalue weighted by atomic mass is 35.5. The highest BCUT2D eigenvalue weighted by molar-refractivity contribution is 6.30. The zero-order chi connectivity index (χ0) is 19.7. The second-order valence-electron chi connectivity index (χ2n) is 8.74. The number of carboxylic acid groups (broad SMARTS) is 1. The maximum atomic E-state index is 11.8. The van der Waals surface area contributed by atoms with Gasteiger partial charge in [0.15, 0.2) is 0 Å². The summed E-state index contributed by atoms with van der Waals surface area (Å²) in [5, 5.41) is 12.5. The van der Waals surface area contributed by atoms with Gasteiger partial charge >= 0.3 is 0 Å². The van der Waals surface area contributed by atoms with Crippen molar-refractivity contribution in [2.24, 2.45) is 11.8 Å². The van der Waals surface area contributed by atoms with E-state index in [1.165, 1.54) is 11.3 Å². The first kappa shape index (κ1) is 17.3. The summed E-state index contributed by atoms with van der Waals surface area (Å²) in [6.07, 6.45) is 11.1. The molecule has 2 aliphatic heterocycles. The third-order valence-corrected chi connectivity index (χ3v) is 7.55. The predicted molar refractivity (Wildman–Crippen MR) is 112 cm³/mol. The second kappa shape index (κ2) is 6.24. The SMILES string of the molecule is O=C([O-])c1cc2c3c(c1)[C@H]1C=CC[C@H]1[C@H](c1ccc(Cl)cc1)N3C[C@H]1CC=C[C@H]21. The summed E-state index contributed by atoms with van der Waals surface area (Å²) in [5.74, 6) is 0.347. The van der Waals surface area contributed by atoms with Crippen molar-refractivity contribution >= 4 is 23.3 Å². The van der Waals surface area contributed by atoms with Gasteiger partial charge in [-0.05, 0) is 71.2 Å². The van der Waals surface area contributed by atoms with Crippen LogP contribution in [0.5, 0.6) is 0 Å². The van der Waals surface area contributed by atoms with E-state index in [0.29, 0.717) is 23.3 Å². The number of benzene rings is 2. The molecule has 2 aromatic carbocycles. The zero-order valence-corrected chi connectivity index (χ0v) is 16.7. The number of carbonyl (C=O) groups excluding carboxylic acids is 1. The van der Waals surface area contributed by atoms with Crippen molar-refractivity contribution in [2.75, 3.05) is 11.4 Å². The molecule has 5 atom stereocenters. The van der Waals surface area contributed by atoms with Crippen molar-refractivity contribution in [3.63, 3.8) is 0 Å². The van der Waals surface area contributed by atoms with E-state index in [0.717, 1.165) is 35.5 Å². The van der Waals surface area contributed by atoms with Crippen molar-refractivity contribution in [3.8, 4) is 0 Å². The largest absolute Gasteiger partial charge is 0.545 e. The molecular formula is C25H21ClNO2-. The quantitative estimate of drug-likeness (QED) is 0.689. The minimum Gasteiger partial charge on any atom is -0.545 e. The molecule has 29 heavy (non-hydrogen) atoms. The Labute approximate surface area is 175 Å². The molecule has 0 aromatic heterocycles. The molecule has 0 saturated carbocycles. The summed E-state index contributed by atoms with van der Waals surface area (Å²) in [5.41, 5.74) is 5.16. The van der Waals surface area contributed by atoms with E-state index in [2.05, 4.69) is 41.3 Å². The van der Waals surface area contributed by atoms with Crippen LogP contribution in [0.15, 0.2) is 60.7 Å². The summed E-state index contributed by atoms with van der Waals surface area (Å²) in [4.78, 5) is 14.3. The minimum absolute atomic E-state index is 0.238. The van der Waals surface area contributed by atoms with E-state index in [1.54, 1.807) is 0 Å². The van der Waals surface area contributed by atoms with E-state index in [9.17, 15) is 9.90 Å². The highest BCUT2D eigenvalue weighted by Gasteiger charge is 2.47. The maximum absolute atomic E-state index is 11.8. The van der Waals surface area contributed by atoms with Crippen LogP contribution in [0.25, 0.3) is 0 Å². The van der Waals surface area contributed by atoms with Crippen LogP contribution in [0.2, 0.25) is 5.02 Å². The summed E-state index contributed by atoms with van der Waals surface area (Å²) < 4.78 is 0. The van der Waals surface area contributed by atoms with E-state index in [-0.39, 0.29) is 12.0 Å². The molecule has 0 radical (unpaired) electrons. The van der Waals surface area contributed by atoms with Gasteiger partial charge in [0.2, 0.25) is 0 Å². The van der Waals surface area contributed by atoms with Gasteiger partial charge in [-0.1, -0.05) is 48.0 Å². The second-order valence-corrected chi connectivity index (χ2v) is 9.18. The van der Waals surface area contributed by atoms with Crippen LogP contribution in [0.1, 0.15) is 57.8 Å². The number of fused-ring (bicyclic) bond motifs is 4. The predicted octanol–water partition coefficient (Wildman–Crippen LogP) is 4.60. The number of hydrogen-bond acceptors (Lipinski definition) is 3. The Kier molecular flexibility index (Phi) is 3.73. The Hall–Kier alpha value is -2.52. The molecule has 146 valence electrons. The summed E-state index contributed by atoms with van der Waals surface area (Å²) in [7, 11) is 0. The number of allylic oxidation sites excluding steroid dienone is 4. The molecule has 3 nitrogen and oxygen atoms in total. The molecule has 4 heteroatoms. The minimum atomic E-state index is -1.09. The lowest BCUT2D eigenvalue weighted by Gasteiger charge is -2.51. The number of rotatable bonds is 2. The van der Waals surface area contributed by atoms with Crippen molar-refractivity contribution in [1.82, 2.24) is 0 Å². The van der Waals surface area contributed by atoms with Gasteiger partial charge in [0.25, 0.3) is 0 Å². The number of anilines is 1. The van der Waals surface area contributed by atoms with Gasteiger partial charge in [0.1, 0.15) is 0 Å². The highest BCUT2D eigenvalue weighted by Crippen LogP contribution is 2.58. The molecule has 0 amide bonds. The van der Waals surface area contributed by atoms with Gasteiger partial charge < -0.3 is 14.8 Å². The molecule has 0 saturated heterocycles. The smallest absolute Gasteiger partial charge is 0.0715 e. The summed E-state index contributed by atoms with van der Waals surface area (Å²) in [6.45, 7) is 0.999. The van der Waals surface area contributed by atoms with Gasteiger partial charge in [0.05, 0.1) is 12.0 Å². The Morgan fingerprint density at radius 3 is 2.45 bits per heavy atom. The van der Waals surface area contributed by atoms with Crippen LogP contribution >= 0.6 is 11.6 Å². The monoisotopic (exact) mass is 402 g/mol. The van der Waals surface area contributed by atoms with Crippen LogP contribution in [0.4, 0.5) is 5.69 Å². The molecule has 4 aliphatic rings. The number of carboxylic acids is 1. The first-order chi connectivity index (χ1) is 14.1. The maximum Gasteiger partial charge on any atom is 0.0715 e. The molecule has 0 unspecified atom stereocenters. The fourth-order valence-corrected chi connectivity index (χ4v) is 6.26. The Bertz CT molecular complexity index is 1050. The molecule has 6 rings (SSSR count). The summed E-state index contributed by atoms with van der Waals surface area (Å²) in [6, 6.07) is 12.3. The lowest BCUT2D eigenvalue weighted by Crippen LogP contribution is -2.46. The Balaban J connectivity index is 1.59. The number of hydrogen-bond donors (Lipinski definition) is 0. The van der Waals surface area contributed by atoms with Crippen molar-refractivity contribution in [1.29, 1.82) is 0 Å². The molecule has 0 spiro atoms. The van der Waals surface area contributed by atoms with Crippen molar-refractivity contribution in [2.45, 2.75) is 30.7 Å². The third kappa shape index (κ3) is 2.47. The van der Waals surface area contributed by atoms with Crippen molar-refractivity contribution < 1.29 is 9.90 Å². The summed E-state index contributed by atoms with van der Waals surface area (Å²) >= 11 is 6.17. The van der Waals surface area contributed by atoms with Crippen molar-refractivity contribution in [3.05, 3.63) is 88.0 Å². The lowest BCUT2D eigenvalue weighted by atomic mass is 9.70. The van der Waals surface area contributed by atoms with Crippen LogP contribution in [-0.2, 0) is 0 Å². The first-order valence-electron chi connectivity index (χ1n) is 10.4. The zero-order valence-electron chi connectivity index (χ0n) is 15.9. The molecule has 2 aliphatic carbocycles.